The van der Waals surface area contributed by atoms with Gasteiger partial charge in [0.2, 0.25) is 0 Å². The third-order valence-electron chi connectivity index (χ3n) is 3.12. The molecule has 1 heterocycles. The Morgan fingerprint density at radius 2 is 2.33 bits per heavy atom. The van der Waals surface area contributed by atoms with Crippen molar-refractivity contribution in [3.63, 3.8) is 0 Å². The summed E-state index contributed by atoms with van der Waals surface area (Å²) in [4.78, 5) is 2.19. The molecule has 1 atom stereocenters. The molecule has 0 aromatic heterocycles. The third-order valence-corrected chi connectivity index (χ3v) is 4.03. The summed E-state index contributed by atoms with van der Waals surface area (Å²) in [6, 6.07) is 3.98. The van der Waals surface area contributed by atoms with E-state index in [1.807, 2.05) is 12.1 Å². The maximum absolute atomic E-state index is 5.46. The van der Waals surface area contributed by atoms with E-state index in [1.165, 1.54) is 0 Å². The van der Waals surface area contributed by atoms with Crippen molar-refractivity contribution in [2.24, 2.45) is 0 Å². The molecular weight excluding hydrogens is 354 g/mol. The van der Waals surface area contributed by atoms with Gasteiger partial charge in [-0.3, -0.25) is 0 Å². The largest absolute Gasteiger partial charge is 0.493 e. The van der Waals surface area contributed by atoms with E-state index in [2.05, 4.69) is 32.9 Å². The first-order chi connectivity index (χ1) is 10.2. The lowest BCUT2D eigenvalue weighted by Crippen LogP contribution is -2.46. The molecule has 1 aliphatic rings. The molecule has 1 aromatic carbocycles. The number of hydrogen-bond acceptors (Lipinski definition) is 5. The molecule has 0 bridgehead atoms. The Morgan fingerprint density at radius 1 is 1.52 bits per heavy atom. The van der Waals surface area contributed by atoms with E-state index in [1.54, 1.807) is 19.4 Å². The molecule has 21 heavy (non-hydrogen) atoms. The van der Waals surface area contributed by atoms with Crippen LogP contribution in [0.4, 0.5) is 5.69 Å². The zero-order valence-corrected chi connectivity index (χ0v) is 14.3. The van der Waals surface area contributed by atoms with Crippen LogP contribution in [0.2, 0.25) is 0 Å². The number of morpholine rings is 1. The number of hydrogen-bond donors (Lipinski definition) is 0. The summed E-state index contributed by atoms with van der Waals surface area (Å²) in [5.74, 6) is 3.89. The molecule has 1 aromatic rings. The van der Waals surface area contributed by atoms with Crippen molar-refractivity contribution in [3.05, 3.63) is 16.6 Å². The Hall–Kier alpha value is -1.29. The molecular formula is C15H16BrNO3S. The molecule has 2 rings (SSSR count). The van der Waals surface area contributed by atoms with Crippen molar-refractivity contribution in [2.75, 3.05) is 31.8 Å². The van der Waals surface area contributed by atoms with Crippen LogP contribution >= 0.6 is 28.1 Å². The second-order valence-electron chi connectivity index (χ2n) is 4.38. The van der Waals surface area contributed by atoms with Gasteiger partial charge in [-0.2, -0.15) is 0 Å². The van der Waals surface area contributed by atoms with Crippen molar-refractivity contribution < 1.29 is 14.2 Å². The predicted molar refractivity (Wildman–Crippen MR) is 90.4 cm³/mol. The summed E-state index contributed by atoms with van der Waals surface area (Å²) in [6.07, 6.45) is 2.58. The molecule has 112 valence electrons. The Kier molecular flexibility index (Phi) is 5.85. The lowest BCUT2D eigenvalue weighted by Gasteiger charge is -2.35. The highest BCUT2D eigenvalue weighted by Gasteiger charge is 2.23. The van der Waals surface area contributed by atoms with Crippen LogP contribution in [0, 0.1) is 12.0 Å². The summed E-state index contributed by atoms with van der Waals surface area (Å²) >= 11 is 8.60. The third kappa shape index (κ3) is 3.67. The van der Waals surface area contributed by atoms with Crippen LogP contribution in [-0.4, -0.2) is 38.3 Å². The maximum Gasteiger partial charge on any atom is 0.196 e. The van der Waals surface area contributed by atoms with Gasteiger partial charge in [-0.05, 0) is 22.0 Å². The number of anilines is 1. The van der Waals surface area contributed by atoms with Gasteiger partial charge in [0.25, 0.3) is 0 Å². The first-order valence-corrected chi connectivity index (χ1v) is 7.73. The monoisotopic (exact) mass is 369 g/mol. The molecule has 0 saturated carbocycles. The normalized spacial score (nSPS) is 17.7. The van der Waals surface area contributed by atoms with Crippen molar-refractivity contribution >= 4 is 39.2 Å². The average molecular weight is 370 g/mol. The number of nitrogens with zero attached hydrogens (tertiary/aromatic N) is 1. The van der Waals surface area contributed by atoms with Crippen LogP contribution in [0.1, 0.15) is 6.92 Å². The van der Waals surface area contributed by atoms with E-state index in [4.69, 9.17) is 26.4 Å². The fourth-order valence-electron chi connectivity index (χ4n) is 2.13. The summed E-state index contributed by atoms with van der Waals surface area (Å²) in [5, 5.41) is 1.73. The molecule has 1 saturated heterocycles. The quantitative estimate of drug-likeness (QED) is 0.601. The van der Waals surface area contributed by atoms with Gasteiger partial charge in [0.05, 0.1) is 30.8 Å². The highest BCUT2D eigenvalue weighted by atomic mass is 79.9. The number of methoxy groups -OCH3 is 1. The van der Waals surface area contributed by atoms with E-state index in [0.717, 1.165) is 16.7 Å². The number of benzene rings is 1. The summed E-state index contributed by atoms with van der Waals surface area (Å²) in [6.45, 7) is 3.77. The predicted octanol–water partition coefficient (Wildman–Crippen LogP) is 3.02. The minimum atomic E-state index is 0.0764. The fraction of sp³-hybridized carbons (Fsp3) is 0.400. The zero-order valence-electron chi connectivity index (χ0n) is 11.9. The lowest BCUT2D eigenvalue weighted by atomic mass is 10.2. The van der Waals surface area contributed by atoms with Gasteiger partial charge in [-0.25, -0.2) is 0 Å². The first kappa shape index (κ1) is 16.1. The van der Waals surface area contributed by atoms with E-state index in [-0.39, 0.29) is 6.04 Å². The molecule has 4 nitrogen and oxygen atoms in total. The Balaban J connectivity index is 2.38. The van der Waals surface area contributed by atoms with Crippen LogP contribution in [0.15, 0.2) is 16.6 Å². The van der Waals surface area contributed by atoms with Gasteiger partial charge in [0, 0.05) is 30.6 Å². The standard InChI is InChI=1S/C15H16BrNO3S/c1-3-5-20-15-13(16)7-11(8-14(15)18-2)17-4-6-19-9-12(17)10-21/h7-8,10,12H,4,6,9H2,1-2H3. The van der Waals surface area contributed by atoms with Gasteiger partial charge in [-0.15, -0.1) is 0 Å². The molecule has 1 unspecified atom stereocenters. The van der Waals surface area contributed by atoms with Gasteiger partial charge in [0.1, 0.15) is 6.11 Å². The van der Waals surface area contributed by atoms with E-state index >= 15 is 0 Å². The maximum atomic E-state index is 5.46. The minimum absolute atomic E-state index is 0.0764. The molecule has 0 spiro atoms. The molecule has 0 radical (unpaired) electrons. The smallest absolute Gasteiger partial charge is 0.196 e. The van der Waals surface area contributed by atoms with Crippen LogP contribution in [0.3, 0.4) is 0 Å². The highest BCUT2D eigenvalue weighted by Crippen LogP contribution is 2.40. The molecule has 0 aliphatic carbocycles. The van der Waals surface area contributed by atoms with Crippen molar-refractivity contribution in [3.8, 4) is 23.5 Å². The number of rotatable bonds is 4. The van der Waals surface area contributed by atoms with Crippen molar-refractivity contribution in [1.29, 1.82) is 0 Å². The van der Waals surface area contributed by atoms with Gasteiger partial charge in [-0.1, -0.05) is 18.1 Å². The topological polar surface area (TPSA) is 30.9 Å². The summed E-state index contributed by atoms with van der Waals surface area (Å²) in [7, 11) is 1.60. The van der Waals surface area contributed by atoms with Crippen LogP contribution in [-0.2, 0) is 4.74 Å². The zero-order chi connectivity index (χ0) is 15.2. The second-order valence-corrected chi connectivity index (χ2v) is 5.51. The summed E-state index contributed by atoms with van der Waals surface area (Å²) in [5.41, 5.74) is 1.00. The van der Waals surface area contributed by atoms with Gasteiger partial charge < -0.3 is 19.1 Å². The molecule has 1 aliphatic heterocycles. The van der Waals surface area contributed by atoms with Crippen molar-refractivity contribution in [1.82, 2.24) is 0 Å². The Labute approximate surface area is 138 Å². The second kappa shape index (κ2) is 7.64. The van der Waals surface area contributed by atoms with Gasteiger partial charge in [0.15, 0.2) is 11.5 Å². The molecule has 6 heteroatoms. The Morgan fingerprint density at radius 3 is 3.00 bits per heavy atom. The minimum Gasteiger partial charge on any atom is -0.493 e. The molecule has 0 N–H and O–H groups in total. The van der Waals surface area contributed by atoms with E-state index in [9.17, 15) is 0 Å². The van der Waals surface area contributed by atoms with Crippen LogP contribution in [0.25, 0.3) is 0 Å². The SMILES string of the molecule is CC#COc1c(Br)cc(N2CCOCC2C=S)cc1OC. The first-order valence-electron chi connectivity index (χ1n) is 6.47. The number of thiocarbonyl (C=S) groups is 1. The number of halogens is 1. The summed E-state index contributed by atoms with van der Waals surface area (Å²) < 4.78 is 17.1. The van der Waals surface area contributed by atoms with Crippen molar-refractivity contribution in [2.45, 2.75) is 13.0 Å². The molecule has 0 amide bonds. The number of ether oxygens (including phenoxy) is 3. The van der Waals surface area contributed by atoms with Gasteiger partial charge >= 0.3 is 0 Å². The Bertz CT molecular complexity index is 582. The lowest BCUT2D eigenvalue weighted by molar-refractivity contribution is 0.111. The highest BCUT2D eigenvalue weighted by molar-refractivity contribution is 9.10. The fourth-order valence-corrected chi connectivity index (χ4v) is 2.87. The van der Waals surface area contributed by atoms with Crippen LogP contribution < -0.4 is 14.4 Å². The molecule has 1 fully saturated rings. The van der Waals surface area contributed by atoms with E-state index in [0.29, 0.717) is 24.7 Å². The van der Waals surface area contributed by atoms with Crippen LogP contribution in [0.5, 0.6) is 11.5 Å². The van der Waals surface area contributed by atoms with E-state index < -0.39 is 0 Å². The average Bonchev–Trinajstić information content (AvgIpc) is 2.53.